The van der Waals surface area contributed by atoms with E-state index in [4.69, 9.17) is 24.1 Å². The van der Waals surface area contributed by atoms with Gasteiger partial charge in [-0.2, -0.15) is 4.39 Å². The minimum Gasteiger partial charge on any atom is -0.486 e. The van der Waals surface area contributed by atoms with E-state index in [1.54, 1.807) is 16.9 Å². The van der Waals surface area contributed by atoms with E-state index in [1.807, 2.05) is 0 Å². The molecule has 0 unspecified atom stereocenters. The summed E-state index contributed by atoms with van der Waals surface area (Å²) < 4.78 is 36.2. The summed E-state index contributed by atoms with van der Waals surface area (Å²) in [6.07, 6.45) is 3.46. The Labute approximate surface area is 167 Å². The number of aromatic nitrogens is 4. The second kappa shape index (κ2) is 13.5. The van der Waals surface area contributed by atoms with Crippen molar-refractivity contribution < 1.29 is 33.2 Å². The molecule has 0 bridgehead atoms. The van der Waals surface area contributed by atoms with Crippen molar-refractivity contribution in [3.8, 4) is 5.75 Å². The second-order valence-electron chi connectivity index (χ2n) is 5.84. The van der Waals surface area contributed by atoms with E-state index in [2.05, 4.69) is 15.3 Å². The second-order valence-corrected chi connectivity index (χ2v) is 5.84. The molecule has 11 heteroatoms. The molecule has 2 aromatic heterocycles. The minimum atomic E-state index is -0.859. The molecule has 0 spiro atoms. The van der Waals surface area contributed by atoms with Crippen molar-refractivity contribution in [3.05, 3.63) is 36.2 Å². The van der Waals surface area contributed by atoms with E-state index in [-0.39, 0.29) is 18.8 Å². The van der Waals surface area contributed by atoms with E-state index < -0.39 is 11.9 Å². The van der Waals surface area contributed by atoms with E-state index in [0.29, 0.717) is 58.3 Å². The number of carboxylic acids is 1. The number of halogens is 1. The Morgan fingerprint density at radius 1 is 1.07 bits per heavy atom. The van der Waals surface area contributed by atoms with Crippen LogP contribution in [0.3, 0.4) is 0 Å². The molecule has 2 rings (SSSR count). The summed E-state index contributed by atoms with van der Waals surface area (Å²) in [6, 6.07) is 3.10. The molecule has 0 aliphatic rings. The first-order valence-corrected chi connectivity index (χ1v) is 9.22. The van der Waals surface area contributed by atoms with Gasteiger partial charge >= 0.3 is 5.97 Å². The summed E-state index contributed by atoms with van der Waals surface area (Å²) in [7, 11) is 0. The van der Waals surface area contributed by atoms with Crippen molar-refractivity contribution >= 4 is 5.97 Å². The molecule has 1 N–H and O–H groups in total. The first kappa shape index (κ1) is 22.7. The molecule has 0 fully saturated rings. The van der Waals surface area contributed by atoms with Crippen molar-refractivity contribution in [1.29, 1.82) is 0 Å². The van der Waals surface area contributed by atoms with Crippen LogP contribution in [0.25, 0.3) is 0 Å². The number of pyridine rings is 1. The fraction of sp³-hybridized carbons (Fsp3) is 0.556. The first-order valence-electron chi connectivity index (χ1n) is 9.22. The van der Waals surface area contributed by atoms with Gasteiger partial charge in [0.25, 0.3) is 5.95 Å². The zero-order chi connectivity index (χ0) is 20.7. The number of aryl methyl sites for hydroxylation is 1. The molecule has 0 saturated heterocycles. The Morgan fingerprint density at radius 3 is 2.45 bits per heavy atom. The molecule has 0 aliphatic heterocycles. The van der Waals surface area contributed by atoms with Gasteiger partial charge in [0, 0.05) is 18.8 Å². The van der Waals surface area contributed by atoms with Crippen LogP contribution < -0.4 is 4.74 Å². The van der Waals surface area contributed by atoms with Gasteiger partial charge in [-0.3, -0.25) is 4.79 Å². The highest BCUT2D eigenvalue weighted by Crippen LogP contribution is 2.12. The lowest BCUT2D eigenvalue weighted by molar-refractivity contribution is -0.136. The summed E-state index contributed by atoms with van der Waals surface area (Å²) in [5, 5.41) is 16.5. The van der Waals surface area contributed by atoms with Gasteiger partial charge in [-0.05, 0) is 12.1 Å². The average molecular weight is 412 g/mol. The number of aliphatic carboxylic acids is 1. The summed E-state index contributed by atoms with van der Waals surface area (Å²) in [5.74, 6) is -1.40. The van der Waals surface area contributed by atoms with E-state index in [0.717, 1.165) is 0 Å². The summed E-state index contributed by atoms with van der Waals surface area (Å²) >= 11 is 0. The molecule has 0 amide bonds. The van der Waals surface area contributed by atoms with Crippen molar-refractivity contribution in [1.82, 2.24) is 20.0 Å². The van der Waals surface area contributed by atoms with Crippen LogP contribution in [-0.4, -0.2) is 77.3 Å². The van der Waals surface area contributed by atoms with Gasteiger partial charge in [0.05, 0.1) is 58.3 Å². The SMILES string of the molecule is O=C(O)CCc1cn(CCOCCOCCOCCOc2cccnc2F)nn1. The number of carbonyl (C=O) groups is 1. The Hall–Kier alpha value is -2.63. The maximum atomic E-state index is 13.2. The molecular formula is C18H25FN4O6. The van der Waals surface area contributed by atoms with Crippen molar-refractivity contribution in [2.45, 2.75) is 19.4 Å². The number of hydrogen-bond acceptors (Lipinski definition) is 8. The number of carboxylic acid groups (broad SMARTS) is 1. The number of hydrogen-bond donors (Lipinski definition) is 1. The molecule has 2 heterocycles. The van der Waals surface area contributed by atoms with Crippen molar-refractivity contribution in [3.63, 3.8) is 0 Å². The standard InChI is InChI=1S/C18H25FN4O6/c19-18-16(2-1-5-20-18)29-13-12-28-11-10-27-9-8-26-7-6-23-14-15(21-22-23)3-4-17(24)25/h1-2,5,14H,3-4,6-13H2,(H,24,25). The monoisotopic (exact) mass is 412 g/mol. The summed E-state index contributed by atoms with van der Waals surface area (Å²) in [4.78, 5) is 14.0. The highest BCUT2D eigenvalue weighted by atomic mass is 19.1. The number of rotatable bonds is 16. The summed E-state index contributed by atoms with van der Waals surface area (Å²) in [6.45, 7) is 3.21. The third kappa shape index (κ3) is 9.92. The Balaban J connectivity index is 1.37. The third-order valence-electron chi connectivity index (χ3n) is 3.60. The fourth-order valence-electron chi connectivity index (χ4n) is 2.19. The highest BCUT2D eigenvalue weighted by molar-refractivity contribution is 5.66. The number of ether oxygens (including phenoxy) is 4. The van der Waals surface area contributed by atoms with Gasteiger partial charge in [0.1, 0.15) is 6.61 Å². The van der Waals surface area contributed by atoms with Crippen LogP contribution in [0.5, 0.6) is 5.75 Å². The molecule has 0 saturated carbocycles. The molecule has 29 heavy (non-hydrogen) atoms. The molecule has 2 aromatic rings. The van der Waals surface area contributed by atoms with Gasteiger partial charge in [0.15, 0.2) is 5.75 Å². The van der Waals surface area contributed by atoms with E-state index >= 15 is 0 Å². The zero-order valence-electron chi connectivity index (χ0n) is 16.0. The zero-order valence-corrected chi connectivity index (χ0v) is 16.0. The van der Waals surface area contributed by atoms with Crippen LogP contribution in [0.1, 0.15) is 12.1 Å². The van der Waals surface area contributed by atoms with Gasteiger partial charge in [0.2, 0.25) is 0 Å². The van der Waals surface area contributed by atoms with Crippen LogP contribution in [-0.2, 0) is 32.0 Å². The van der Waals surface area contributed by atoms with Crippen LogP contribution in [0, 0.1) is 5.95 Å². The molecule has 0 radical (unpaired) electrons. The minimum absolute atomic E-state index is 0.0341. The maximum Gasteiger partial charge on any atom is 0.303 e. The highest BCUT2D eigenvalue weighted by Gasteiger charge is 2.04. The van der Waals surface area contributed by atoms with E-state index in [1.165, 1.54) is 12.3 Å². The van der Waals surface area contributed by atoms with Gasteiger partial charge < -0.3 is 24.1 Å². The maximum absolute atomic E-state index is 13.2. The lowest BCUT2D eigenvalue weighted by Gasteiger charge is -2.08. The van der Waals surface area contributed by atoms with Gasteiger partial charge in [-0.1, -0.05) is 5.21 Å². The largest absolute Gasteiger partial charge is 0.486 e. The van der Waals surface area contributed by atoms with Crippen molar-refractivity contribution in [2.24, 2.45) is 0 Å². The smallest absolute Gasteiger partial charge is 0.303 e. The van der Waals surface area contributed by atoms with E-state index in [9.17, 15) is 9.18 Å². The van der Waals surface area contributed by atoms with Crippen LogP contribution in [0.2, 0.25) is 0 Å². The van der Waals surface area contributed by atoms with Gasteiger partial charge in [-0.15, -0.1) is 5.10 Å². The van der Waals surface area contributed by atoms with Gasteiger partial charge in [-0.25, -0.2) is 9.67 Å². The van der Waals surface area contributed by atoms with Crippen LogP contribution >= 0.6 is 0 Å². The summed E-state index contributed by atoms with van der Waals surface area (Å²) in [5.41, 5.74) is 0.645. The lowest BCUT2D eigenvalue weighted by atomic mass is 10.2. The molecule has 0 atom stereocenters. The molecule has 160 valence electrons. The first-order chi connectivity index (χ1) is 14.1. The lowest BCUT2D eigenvalue weighted by Crippen LogP contribution is -2.14. The quantitative estimate of drug-likeness (QED) is 0.318. The Morgan fingerprint density at radius 2 is 1.76 bits per heavy atom. The normalized spacial score (nSPS) is 10.9. The predicted octanol–water partition coefficient (Wildman–Crippen LogP) is 0.958. The molecule has 0 aromatic carbocycles. The predicted molar refractivity (Wildman–Crippen MR) is 98.1 cm³/mol. The Bertz CT molecular complexity index is 730. The molecule has 0 aliphatic carbocycles. The Kier molecular flexibility index (Phi) is 10.6. The van der Waals surface area contributed by atoms with Crippen LogP contribution in [0.15, 0.2) is 24.5 Å². The van der Waals surface area contributed by atoms with Crippen molar-refractivity contribution in [2.75, 3.05) is 46.2 Å². The average Bonchev–Trinajstić information content (AvgIpc) is 3.16. The third-order valence-corrected chi connectivity index (χ3v) is 3.60. The molecule has 10 nitrogen and oxygen atoms in total. The topological polar surface area (TPSA) is 118 Å². The molecular weight excluding hydrogens is 387 g/mol. The number of nitrogens with zero attached hydrogens (tertiary/aromatic N) is 4. The van der Waals surface area contributed by atoms with Crippen LogP contribution in [0.4, 0.5) is 4.39 Å². The fourth-order valence-corrected chi connectivity index (χ4v) is 2.19.